The summed E-state index contributed by atoms with van der Waals surface area (Å²) in [6.45, 7) is 7.39. The van der Waals surface area contributed by atoms with Gasteiger partial charge in [-0.1, -0.05) is 12.1 Å². The Labute approximate surface area is 207 Å². The lowest BCUT2D eigenvalue weighted by atomic mass is 9.98. The van der Waals surface area contributed by atoms with Gasteiger partial charge in [0.1, 0.15) is 11.4 Å². The Hall–Kier alpha value is -3.98. The maximum atomic E-state index is 13.1. The van der Waals surface area contributed by atoms with E-state index in [1.54, 1.807) is 56.3 Å². The van der Waals surface area contributed by atoms with E-state index in [2.05, 4.69) is 15.6 Å². The molecule has 3 N–H and O–H groups in total. The molecule has 35 heavy (non-hydrogen) atoms. The lowest BCUT2D eigenvalue weighted by Crippen LogP contribution is -2.29. The summed E-state index contributed by atoms with van der Waals surface area (Å²) in [7, 11) is 1.24. The third-order valence-electron chi connectivity index (χ3n) is 5.25. The number of nitrogens with zero attached hydrogens (tertiary/aromatic N) is 1. The van der Waals surface area contributed by atoms with Gasteiger partial charge in [-0.05, 0) is 74.7 Å². The van der Waals surface area contributed by atoms with Gasteiger partial charge in [0.15, 0.2) is 0 Å². The Kier molecular flexibility index (Phi) is 8.03. The van der Waals surface area contributed by atoms with Crippen LogP contribution in [0.25, 0.3) is 6.08 Å². The minimum Gasteiger partial charge on any atom is -0.508 e. The number of hydrogen-bond acceptors (Lipinski definition) is 7. The van der Waals surface area contributed by atoms with Gasteiger partial charge in [0.25, 0.3) is 11.8 Å². The molecule has 0 aliphatic heterocycles. The van der Waals surface area contributed by atoms with Crippen LogP contribution in [-0.4, -0.2) is 35.0 Å². The molecule has 8 nitrogen and oxygen atoms in total. The van der Waals surface area contributed by atoms with Gasteiger partial charge in [-0.2, -0.15) is 0 Å². The van der Waals surface area contributed by atoms with E-state index < -0.39 is 11.9 Å². The fourth-order valence-corrected chi connectivity index (χ4v) is 4.53. The number of benzene rings is 2. The van der Waals surface area contributed by atoms with Crippen molar-refractivity contribution in [2.24, 2.45) is 0 Å². The van der Waals surface area contributed by atoms with Crippen LogP contribution in [0, 0.1) is 27.7 Å². The Balaban J connectivity index is 1.81. The fraction of sp³-hybridized carbons (Fsp3) is 0.231. The van der Waals surface area contributed by atoms with Crippen LogP contribution in [0.1, 0.15) is 53.0 Å². The molecule has 1 heterocycles. The van der Waals surface area contributed by atoms with Crippen molar-refractivity contribution in [2.75, 3.05) is 7.11 Å². The van der Waals surface area contributed by atoms with E-state index in [1.807, 2.05) is 13.8 Å². The summed E-state index contributed by atoms with van der Waals surface area (Å²) in [6, 6.07) is 9.88. The highest BCUT2D eigenvalue weighted by Gasteiger charge is 2.20. The zero-order chi connectivity index (χ0) is 25.7. The summed E-state index contributed by atoms with van der Waals surface area (Å²) in [4.78, 5) is 43.2. The third-order valence-corrected chi connectivity index (χ3v) is 6.27. The number of aromatic nitrogens is 1. The number of esters is 1. The molecule has 0 unspecified atom stereocenters. The van der Waals surface area contributed by atoms with Crippen LogP contribution in [0.2, 0.25) is 0 Å². The Bertz CT molecular complexity index is 1300. The van der Waals surface area contributed by atoms with Crippen molar-refractivity contribution in [1.29, 1.82) is 0 Å². The van der Waals surface area contributed by atoms with Gasteiger partial charge in [0.2, 0.25) is 0 Å². The highest BCUT2D eigenvalue weighted by Crippen LogP contribution is 2.22. The molecule has 0 radical (unpaired) electrons. The molecule has 0 bridgehead atoms. The molecular formula is C26H27N3O5S. The minimum atomic E-state index is -0.679. The maximum absolute atomic E-state index is 13.1. The zero-order valence-electron chi connectivity index (χ0n) is 20.2. The van der Waals surface area contributed by atoms with Gasteiger partial charge in [0.05, 0.1) is 22.7 Å². The van der Waals surface area contributed by atoms with Crippen LogP contribution in [0.5, 0.6) is 5.75 Å². The molecule has 0 saturated carbocycles. The van der Waals surface area contributed by atoms with E-state index in [9.17, 15) is 19.5 Å². The first-order valence-electron chi connectivity index (χ1n) is 10.8. The summed E-state index contributed by atoms with van der Waals surface area (Å²) in [6.07, 6.45) is 1.55. The number of thiazole rings is 1. The number of ether oxygens (including phenoxy) is 1. The molecule has 0 spiro atoms. The number of rotatable bonds is 7. The highest BCUT2D eigenvalue weighted by atomic mass is 32.1. The Morgan fingerprint density at radius 3 is 2.31 bits per heavy atom. The first-order chi connectivity index (χ1) is 16.6. The summed E-state index contributed by atoms with van der Waals surface area (Å²) in [5.74, 6) is -1.35. The average molecular weight is 494 g/mol. The van der Waals surface area contributed by atoms with Crippen molar-refractivity contribution in [1.82, 2.24) is 15.6 Å². The number of aryl methyl sites for hydroxylation is 4. The van der Waals surface area contributed by atoms with Crippen LogP contribution in [0.4, 0.5) is 0 Å². The molecule has 0 fully saturated rings. The quantitative estimate of drug-likeness (QED) is 0.339. The number of nitrogens with one attached hydrogen (secondary N) is 2. The average Bonchev–Trinajstić information content (AvgIpc) is 3.12. The number of carbonyl (C=O) groups is 3. The first kappa shape index (κ1) is 25.6. The van der Waals surface area contributed by atoms with E-state index in [0.29, 0.717) is 22.3 Å². The van der Waals surface area contributed by atoms with E-state index in [1.165, 1.54) is 18.4 Å². The Morgan fingerprint density at radius 1 is 1.06 bits per heavy atom. The van der Waals surface area contributed by atoms with Gasteiger partial charge in [0, 0.05) is 17.7 Å². The summed E-state index contributed by atoms with van der Waals surface area (Å²) in [5.41, 5.74) is 3.43. The van der Waals surface area contributed by atoms with E-state index in [4.69, 9.17) is 4.74 Å². The van der Waals surface area contributed by atoms with E-state index >= 15 is 0 Å². The standard InChI is InChI=1S/C26H27N3O5S/c1-14-9-19(24(31)27-13-18-7-6-8-20(30)11-18)10-15(2)23(14)25(32)29-21(26(33)34-5)12-22-16(3)28-17(4)35-22/h6-12,30H,13H2,1-5H3,(H,27,31)(H,29,32). The molecular weight excluding hydrogens is 466 g/mol. The van der Waals surface area contributed by atoms with Crippen LogP contribution in [-0.2, 0) is 16.1 Å². The van der Waals surface area contributed by atoms with Crippen LogP contribution >= 0.6 is 11.3 Å². The van der Waals surface area contributed by atoms with E-state index in [0.717, 1.165) is 21.1 Å². The number of aromatic hydroxyl groups is 1. The molecule has 0 aliphatic rings. The van der Waals surface area contributed by atoms with Gasteiger partial charge in [-0.15, -0.1) is 11.3 Å². The smallest absolute Gasteiger partial charge is 0.354 e. The van der Waals surface area contributed by atoms with Crippen LogP contribution < -0.4 is 10.6 Å². The highest BCUT2D eigenvalue weighted by molar-refractivity contribution is 7.12. The zero-order valence-corrected chi connectivity index (χ0v) is 21.0. The largest absolute Gasteiger partial charge is 0.508 e. The third kappa shape index (κ3) is 6.33. The molecule has 0 saturated heterocycles. The maximum Gasteiger partial charge on any atom is 0.354 e. The second-order valence-electron chi connectivity index (χ2n) is 8.02. The van der Waals surface area contributed by atoms with Crippen molar-refractivity contribution >= 4 is 35.2 Å². The molecule has 9 heteroatoms. The lowest BCUT2D eigenvalue weighted by molar-refractivity contribution is -0.136. The van der Waals surface area contributed by atoms with Crippen LogP contribution in [0.3, 0.4) is 0 Å². The van der Waals surface area contributed by atoms with Crippen molar-refractivity contribution in [3.63, 3.8) is 0 Å². The summed E-state index contributed by atoms with van der Waals surface area (Å²) < 4.78 is 4.84. The summed E-state index contributed by atoms with van der Waals surface area (Å²) >= 11 is 1.40. The number of phenols is 1. The second kappa shape index (κ2) is 11.0. The molecule has 2 amide bonds. The molecule has 3 rings (SSSR count). The summed E-state index contributed by atoms with van der Waals surface area (Å²) in [5, 5.41) is 15.9. The minimum absolute atomic E-state index is 0.00372. The van der Waals surface area contributed by atoms with E-state index in [-0.39, 0.29) is 23.9 Å². The van der Waals surface area contributed by atoms with Crippen LogP contribution in [0.15, 0.2) is 42.1 Å². The molecule has 3 aromatic rings. The van der Waals surface area contributed by atoms with Crippen molar-refractivity contribution < 1.29 is 24.2 Å². The topological polar surface area (TPSA) is 118 Å². The second-order valence-corrected chi connectivity index (χ2v) is 9.26. The SMILES string of the molecule is COC(=O)C(=Cc1sc(C)nc1C)NC(=O)c1c(C)cc(C(=O)NCc2cccc(O)c2)cc1C. The predicted octanol–water partition coefficient (Wildman–Crippen LogP) is 3.96. The normalized spacial score (nSPS) is 11.2. The molecule has 1 aromatic heterocycles. The molecule has 182 valence electrons. The molecule has 2 aromatic carbocycles. The van der Waals surface area contributed by atoms with Gasteiger partial charge in [-0.25, -0.2) is 9.78 Å². The van der Waals surface area contributed by atoms with Crippen molar-refractivity contribution in [3.8, 4) is 5.75 Å². The Morgan fingerprint density at radius 2 is 1.74 bits per heavy atom. The number of hydrogen-bond donors (Lipinski definition) is 3. The van der Waals surface area contributed by atoms with Gasteiger partial charge in [-0.3, -0.25) is 9.59 Å². The lowest BCUT2D eigenvalue weighted by Gasteiger charge is -2.14. The molecule has 0 atom stereocenters. The van der Waals surface area contributed by atoms with Crippen molar-refractivity contribution in [2.45, 2.75) is 34.2 Å². The fourth-order valence-electron chi connectivity index (χ4n) is 3.66. The number of phenolic OH excluding ortho intramolecular Hbond substituents is 1. The number of carbonyl (C=O) groups excluding carboxylic acids is 3. The first-order valence-corrected chi connectivity index (χ1v) is 11.6. The van der Waals surface area contributed by atoms with Gasteiger partial charge < -0.3 is 20.5 Å². The van der Waals surface area contributed by atoms with Gasteiger partial charge >= 0.3 is 5.97 Å². The predicted molar refractivity (Wildman–Crippen MR) is 134 cm³/mol. The number of methoxy groups -OCH3 is 1. The molecule has 0 aliphatic carbocycles. The monoisotopic (exact) mass is 493 g/mol. The number of amides is 2. The van der Waals surface area contributed by atoms with Crippen molar-refractivity contribution in [3.05, 3.63) is 85.5 Å².